The molecule has 1 aliphatic rings. The largest absolute Gasteiger partial charge is 0.366 e. The molecule has 0 unspecified atom stereocenters. The van der Waals surface area contributed by atoms with Crippen LogP contribution in [-0.2, 0) is 0 Å². The fourth-order valence-electron chi connectivity index (χ4n) is 3.58. The minimum absolute atomic E-state index is 0.0998. The van der Waals surface area contributed by atoms with Gasteiger partial charge in [0.2, 0.25) is 5.52 Å². The average molecular weight is 378 g/mol. The summed E-state index contributed by atoms with van der Waals surface area (Å²) in [4.78, 5) is 13.4. The highest BCUT2D eigenvalue weighted by Gasteiger charge is 2.29. The van der Waals surface area contributed by atoms with Crippen LogP contribution in [0.1, 0.15) is 31.2 Å². The number of fused-ring (bicyclic) bond motifs is 1. The summed E-state index contributed by atoms with van der Waals surface area (Å²) in [6, 6.07) is 10.9. The van der Waals surface area contributed by atoms with Gasteiger partial charge in [-0.1, -0.05) is 25.0 Å². The maximum atomic E-state index is 11.8. The molecule has 2 heterocycles. The van der Waals surface area contributed by atoms with E-state index in [4.69, 9.17) is 4.63 Å². The van der Waals surface area contributed by atoms with Gasteiger partial charge >= 0.3 is 5.69 Å². The Morgan fingerprint density at radius 3 is 2.54 bits per heavy atom. The van der Waals surface area contributed by atoms with Gasteiger partial charge in [-0.05, 0) is 41.4 Å². The number of nitrogens with one attached hydrogen (secondary N) is 1. The highest BCUT2D eigenvalue weighted by atomic mass is 16.6. The van der Waals surface area contributed by atoms with Crippen LogP contribution in [0.5, 0.6) is 0 Å². The fraction of sp³-hybridized carbons (Fsp3) is 0.316. The summed E-state index contributed by atoms with van der Waals surface area (Å²) >= 11 is 0. The van der Waals surface area contributed by atoms with Gasteiger partial charge in [0.1, 0.15) is 11.8 Å². The second-order valence-corrected chi connectivity index (χ2v) is 6.69. The van der Waals surface area contributed by atoms with E-state index in [-0.39, 0.29) is 16.7 Å². The molecule has 1 aromatic heterocycles. The van der Waals surface area contributed by atoms with Gasteiger partial charge in [0.15, 0.2) is 5.52 Å². The molecule has 1 fully saturated rings. The second-order valence-electron chi connectivity index (χ2n) is 6.69. The quantitative estimate of drug-likeness (QED) is 0.531. The Morgan fingerprint density at radius 1 is 1.11 bits per heavy atom. The Kier molecular flexibility index (Phi) is 4.76. The number of rotatable bonds is 4. The lowest BCUT2D eigenvalue weighted by molar-refractivity contribution is -0.382. The number of hydrogen-bond donors (Lipinski definition) is 1. The first-order valence-corrected chi connectivity index (χ1v) is 9.14. The highest BCUT2D eigenvalue weighted by molar-refractivity contribution is 6.01. The Balaban J connectivity index is 1.87. The Morgan fingerprint density at radius 2 is 1.82 bits per heavy atom. The molecule has 1 saturated heterocycles. The minimum Gasteiger partial charge on any atom is -0.366 e. The number of nitro benzene ring substituents is 1. The first kappa shape index (κ1) is 17.7. The molecule has 1 aliphatic heterocycles. The minimum atomic E-state index is -0.431. The van der Waals surface area contributed by atoms with Crippen LogP contribution in [0.25, 0.3) is 11.0 Å². The van der Waals surface area contributed by atoms with Crippen LogP contribution in [0.3, 0.4) is 0 Å². The van der Waals surface area contributed by atoms with E-state index in [1.807, 2.05) is 11.0 Å². The van der Waals surface area contributed by atoms with Gasteiger partial charge in [0.25, 0.3) is 0 Å². The number of nitriles is 1. The van der Waals surface area contributed by atoms with Crippen LogP contribution in [0, 0.1) is 21.4 Å². The SMILES string of the molecule is N#Cc1ccccc1Nc1cc(N2CCCCCC2)c([N+](=O)[O-])c2nonc12. The van der Waals surface area contributed by atoms with Crippen molar-refractivity contribution in [3.05, 3.63) is 46.0 Å². The predicted octanol–water partition coefficient (Wildman–Crippen LogP) is 4.13. The summed E-state index contributed by atoms with van der Waals surface area (Å²) in [5, 5.41) is 32.0. The summed E-state index contributed by atoms with van der Waals surface area (Å²) in [5.74, 6) is 0. The summed E-state index contributed by atoms with van der Waals surface area (Å²) in [5.41, 5.74) is 2.32. The smallest absolute Gasteiger partial charge is 0.323 e. The molecular weight excluding hydrogens is 360 g/mol. The van der Waals surface area contributed by atoms with E-state index in [0.29, 0.717) is 22.6 Å². The molecule has 4 rings (SSSR count). The third kappa shape index (κ3) is 3.20. The number of benzene rings is 2. The van der Waals surface area contributed by atoms with E-state index in [1.54, 1.807) is 24.3 Å². The first-order valence-electron chi connectivity index (χ1n) is 9.14. The van der Waals surface area contributed by atoms with Gasteiger partial charge in [-0.3, -0.25) is 10.1 Å². The van der Waals surface area contributed by atoms with Crippen LogP contribution in [-0.4, -0.2) is 28.3 Å². The number of aromatic nitrogens is 2. The Hall–Kier alpha value is -3.67. The number of anilines is 3. The third-order valence-corrected chi connectivity index (χ3v) is 4.94. The van der Waals surface area contributed by atoms with Crippen molar-refractivity contribution in [2.45, 2.75) is 25.7 Å². The lowest BCUT2D eigenvalue weighted by Crippen LogP contribution is -2.25. The van der Waals surface area contributed by atoms with Crippen molar-refractivity contribution in [3.8, 4) is 6.07 Å². The zero-order chi connectivity index (χ0) is 19.5. The van der Waals surface area contributed by atoms with Crippen molar-refractivity contribution in [1.29, 1.82) is 5.26 Å². The first-order chi connectivity index (χ1) is 13.7. The Labute approximate surface area is 160 Å². The topological polar surface area (TPSA) is 121 Å². The molecule has 28 heavy (non-hydrogen) atoms. The fourth-order valence-corrected chi connectivity index (χ4v) is 3.58. The lowest BCUT2D eigenvalue weighted by atomic mass is 10.1. The monoisotopic (exact) mass is 378 g/mol. The number of nitro groups is 1. The Bertz CT molecular complexity index is 1060. The van der Waals surface area contributed by atoms with Gasteiger partial charge in [-0.15, -0.1) is 0 Å². The molecule has 2 aromatic carbocycles. The van der Waals surface area contributed by atoms with Gasteiger partial charge in [-0.25, -0.2) is 4.63 Å². The normalized spacial score (nSPS) is 14.5. The molecule has 142 valence electrons. The number of hydrogen-bond acceptors (Lipinski definition) is 8. The maximum Gasteiger partial charge on any atom is 0.323 e. The molecule has 0 radical (unpaired) electrons. The summed E-state index contributed by atoms with van der Waals surface area (Å²) < 4.78 is 4.83. The maximum absolute atomic E-state index is 11.8. The van der Waals surface area contributed by atoms with Crippen molar-refractivity contribution in [3.63, 3.8) is 0 Å². The molecular formula is C19H18N6O3. The summed E-state index contributed by atoms with van der Waals surface area (Å²) in [7, 11) is 0. The van der Waals surface area contributed by atoms with E-state index in [1.165, 1.54) is 0 Å². The van der Waals surface area contributed by atoms with Crippen molar-refractivity contribution in [2.24, 2.45) is 0 Å². The van der Waals surface area contributed by atoms with Gasteiger partial charge < -0.3 is 10.2 Å². The van der Waals surface area contributed by atoms with Gasteiger partial charge in [0, 0.05) is 13.1 Å². The van der Waals surface area contributed by atoms with E-state index < -0.39 is 4.92 Å². The molecule has 0 bridgehead atoms. The van der Waals surface area contributed by atoms with E-state index in [0.717, 1.165) is 38.8 Å². The average Bonchev–Trinajstić information content (AvgIpc) is 3.03. The summed E-state index contributed by atoms with van der Waals surface area (Å²) in [6.07, 6.45) is 4.18. The van der Waals surface area contributed by atoms with Crippen molar-refractivity contribution in [2.75, 3.05) is 23.3 Å². The number of para-hydroxylation sites is 1. The third-order valence-electron chi connectivity index (χ3n) is 4.94. The predicted molar refractivity (Wildman–Crippen MR) is 104 cm³/mol. The molecule has 0 spiro atoms. The molecule has 9 heteroatoms. The second kappa shape index (κ2) is 7.52. The molecule has 0 saturated carbocycles. The molecule has 9 nitrogen and oxygen atoms in total. The zero-order valence-electron chi connectivity index (χ0n) is 15.1. The summed E-state index contributed by atoms with van der Waals surface area (Å²) in [6.45, 7) is 1.48. The molecule has 1 N–H and O–H groups in total. The molecule has 0 amide bonds. The van der Waals surface area contributed by atoms with Crippen LogP contribution in [0.4, 0.5) is 22.7 Å². The van der Waals surface area contributed by atoms with Crippen LogP contribution in [0.2, 0.25) is 0 Å². The number of nitrogens with zero attached hydrogens (tertiary/aromatic N) is 5. The molecule has 0 atom stereocenters. The van der Waals surface area contributed by atoms with Crippen LogP contribution < -0.4 is 10.2 Å². The lowest BCUT2D eigenvalue weighted by Gasteiger charge is -2.23. The van der Waals surface area contributed by atoms with Gasteiger partial charge in [-0.2, -0.15) is 5.26 Å². The van der Waals surface area contributed by atoms with Crippen molar-refractivity contribution < 1.29 is 9.55 Å². The van der Waals surface area contributed by atoms with Crippen molar-refractivity contribution in [1.82, 2.24) is 10.3 Å². The molecule has 0 aliphatic carbocycles. The van der Waals surface area contributed by atoms with Crippen molar-refractivity contribution >= 4 is 33.8 Å². The standard InChI is InChI=1S/C19H18N6O3/c20-12-13-7-3-4-8-14(13)21-15-11-16(24-9-5-1-2-6-10-24)19(25(26)27)18-17(15)22-28-23-18/h3-4,7-8,11,21H,1-2,5-6,9-10H2. The molecule has 3 aromatic rings. The van der Waals surface area contributed by atoms with E-state index in [2.05, 4.69) is 21.7 Å². The zero-order valence-corrected chi connectivity index (χ0v) is 15.1. The highest BCUT2D eigenvalue weighted by Crippen LogP contribution is 2.40. The van der Waals surface area contributed by atoms with Crippen LogP contribution >= 0.6 is 0 Å². The van der Waals surface area contributed by atoms with E-state index in [9.17, 15) is 15.4 Å². The van der Waals surface area contributed by atoms with Crippen LogP contribution in [0.15, 0.2) is 35.0 Å². The van der Waals surface area contributed by atoms with E-state index >= 15 is 0 Å². The van der Waals surface area contributed by atoms with Gasteiger partial charge in [0.05, 0.1) is 21.9 Å².